The van der Waals surface area contributed by atoms with Crippen LogP contribution in [0, 0.1) is 11.8 Å². The van der Waals surface area contributed by atoms with Gasteiger partial charge in [-0.2, -0.15) is 0 Å². The summed E-state index contributed by atoms with van der Waals surface area (Å²) in [5, 5.41) is 0. The Morgan fingerprint density at radius 3 is 2.37 bits per heavy atom. The maximum Gasteiger partial charge on any atom is 0.273 e. The first kappa shape index (κ1) is 21.8. The van der Waals surface area contributed by atoms with Crippen molar-refractivity contribution in [3.63, 3.8) is 0 Å². The van der Waals surface area contributed by atoms with Crippen LogP contribution in [-0.2, 0) is 17.8 Å². The highest BCUT2D eigenvalue weighted by Crippen LogP contribution is 2.40. The molecule has 0 aromatic heterocycles. The molecule has 1 saturated carbocycles. The molecule has 2 rings (SSSR count). The third-order valence-corrected chi connectivity index (χ3v) is 5.64. The van der Waals surface area contributed by atoms with Gasteiger partial charge in [0.15, 0.2) is 0 Å². The Bertz CT molecular complexity index is 569. The number of aryl methyl sites for hydroxylation is 1. The zero-order chi connectivity index (χ0) is 19.5. The van der Waals surface area contributed by atoms with Gasteiger partial charge in [-0.1, -0.05) is 42.5 Å². The molecule has 1 aliphatic rings. The lowest BCUT2D eigenvalue weighted by Crippen LogP contribution is -2.36. The van der Waals surface area contributed by atoms with Gasteiger partial charge in [0, 0.05) is 5.92 Å². The summed E-state index contributed by atoms with van der Waals surface area (Å²) in [7, 11) is 0. The number of hydrogen-bond donors (Lipinski definition) is 0. The van der Waals surface area contributed by atoms with Crippen molar-refractivity contribution < 1.29 is 13.5 Å². The second kappa shape index (κ2) is 11.4. The van der Waals surface area contributed by atoms with E-state index in [0.717, 1.165) is 44.1 Å². The summed E-state index contributed by atoms with van der Waals surface area (Å²) < 4.78 is 34.4. The quantitative estimate of drug-likeness (QED) is 0.374. The average molecular weight is 377 g/mol. The summed E-state index contributed by atoms with van der Waals surface area (Å²) in [6.45, 7) is 5.53. The highest BCUT2D eigenvalue weighted by atomic mass is 19.3. The van der Waals surface area contributed by atoms with E-state index in [1.165, 1.54) is 5.56 Å². The fourth-order valence-corrected chi connectivity index (χ4v) is 3.87. The molecule has 1 nitrogen and oxygen atoms in total. The molecule has 0 aliphatic heterocycles. The minimum Gasteiger partial charge on any atom is -0.371 e. The number of ether oxygens (including phenoxy) is 1. The Balaban J connectivity index is 1.71. The molecule has 3 heteroatoms. The highest BCUT2D eigenvalue weighted by Gasteiger charge is 2.41. The Labute approximate surface area is 163 Å². The molecule has 1 aromatic rings. The summed E-state index contributed by atoms with van der Waals surface area (Å²) in [6.07, 6.45) is 13.2. The fourth-order valence-electron chi connectivity index (χ4n) is 3.87. The zero-order valence-electron chi connectivity index (χ0n) is 16.6. The number of allylic oxidation sites excluding steroid dienone is 3. The number of alkyl halides is 2. The second-order valence-electron chi connectivity index (χ2n) is 7.76. The molecular weight excluding hydrogens is 342 g/mol. The van der Waals surface area contributed by atoms with Crippen molar-refractivity contribution in [2.24, 2.45) is 11.8 Å². The highest BCUT2D eigenvalue weighted by molar-refractivity contribution is 5.22. The van der Waals surface area contributed by atoms with Crippen molar-refractivity contribution in [2.45, 2.75) is 70.8 Å². The molecule has 0 N–H and O–H groups in total. The fraction of sp³-hybridized carbons (Fsp3) is 0.583. The van der Waals surface area contributed by atoms with Crippen molar-refractivity contribution in [2.75, 3.05) is 6.61 Å². The van der Waals surface area contributed by atoms with Crippen molar-refractivity contribution in [1.82, 2.24) is 0 Å². The Morgan fingerprint density at radius 1 is 1.07 bits per heavy atom. The van der Waals surface area contributed by atoms with Crippen LogP contribution in [0.5, 0.6) is 0 Å². The number of rotatable bonds is 11. The van der Waals surface area contributed by atoms with E-state index in [-0.39, 0.29) is 6.61 Å². The molecule has 0 atom stereocenters. The number of benzene rings is 1. The molecule has 150 valence electrons. The number of halogens is 2. The van der Waals surface area contributed by atoms with Crippen molar-refractivity contribution in [1.29, 1.82) is 0 Å². The van der Waals surface area contributed by atoms with Gasteiger partial charge >= 0.3 is 0 Å². The molecule has 1 aromatic carbocycles. The molecule has 0 saturated heterocycles. The van der Waals surface area contributed by atoms with Crippen LogP contribution in [0.1, 0.15) is 63.0 Å². The van der Waals surface area contributed by atoms with E-state index in [1.54, 1.807) is 0 Å². The first-order valence-electron chi connectivity index (χ1n) is 10.3. The summed E-state index contributed by atoms with van der Waals surface area (Å²) in [6, 6.07) is 8.08. The molecule has 0 spiro atoms. The predicted octanol–water partition coefficient (Wildman–Crippen LogP) is 7.12. The lowest BCUT2D eigenvalue weighted by atomic mass is 9.77. The Hall–Kier alpha value is -1.48. The maximum absolute atomic E-state index is 14.5. The van der Waals surface area contributed by atoms with Gasteiger partial charge in [-0.15, -0.1) is 6.58 Å². The lowest BCUT2D eigenvalue weighted by molar-refractivity contribution is -0.131. The first-order chi connectivity index (χ1) is 13.0. The van der Waals surface area contributed by atoms with Crippen LogP contribution in [-0.4, -0.2) is 12.5 Å². The van der Waals surface area contributed by atoms with Crippen molar-refractivity contribution in [3.05, 3.63) is 60.2 Å². The zero-order valence-corrected chi connectivity index (χ0v) is 16.6. The molecule has 1 fully saturated rings. The molecule has 0 amide bonds. The summed E-state index contributed by atoms with van der Waals surface area (Å²) in [4.78, 5) is 0. The van der Waals surface area contributed by atoms with Crippen LogP contribution in [0.15, 0.2) is 49.1 Å². The second-order valence-corrected chi connectivity index (χ2v) is 7.76. The van der Waals surface area contributed by atoms with E-state index < -0.39 is 18.4 Å². The number of hydrogen-bond acceptors (Lipinski definition) is 1. The van der Waals surface area contributed by atoms with Gasteiger partial charge in [-0.3, -0.25) is 0 Å². The molecule has 0 radical (unpaired) electrons. The summed E-state index contributed by atoms with van der Waals surface area (Å²) in [5.41, 5.74) is 2.21. The average Bonchev–Trinajstić information content (AvgIpc) is 2.68. The third kappa shape index (κ3) is 7.57. The van der Waals surface area contributed by atoms with Crippen LogP contribution >= 0.6 is 0 Å². The lowest BCUT2D eigenvalue weighted by Gasteiger charge is -2.33. The van der Waals surface area contributed by atoms with E-state index in [1.807, 2.05) is 25.1 Å². The molecule has 27 heavy (non-hydrogen) atoms. The van der Waals surface area contributed by atoms with E-state index in [0.29, 0.717) is 18.8 Å². The molecular formula is C24H34F2O. The van der Waals surface area contributed by atoms with Crippen LogP contribution in [0.2, 0.25) is 0 Å². The van der Waals surface area contributed by atoms with Gasteiger partial charge in [0.05, 0.1) is 6.61 Å². The molecule has 0 unspecified atom stereocenters. The van der Waals surface area contributed by atoms with Crippen LogP contribution in [0.4, 0.5) is 8.78 Å². The molecule has 0 bridgehead atoms. The van der Waals surface area contributed by atoms with E-state index in [4.69, 9.17) is 4.74 Å². The normalized spacial score (nSPS) is 20.9. The minimum atomic E-state index is -2.73. The van der Waals surface area contributed by atoms with E-state index in [2.05, 4.69) is 30.9 Å². The topological polar surface area (TPSA) is 9.23 Å². The van der Waals surface area contributed by atoms with Crippen LogP contribution in [0.3, 0.4) is 0 Å². The molecule has 0 heterocycles. The summed E-state index contributed by atoms with van der Waals surface area (Å²) >= 11 is 0. The SMILES string of the molecule is C=CCCC1CCC(C(F)(F)COCc2ccc(CC/C=C/C)cc2)CC1. The van der Waals surface area contributed by atoms with Crippen LogP contribution in [0.25, 0.3) is 0 Å². The van der Waals surface area contributed by atoms with Crippen molar-refractivity contribution in [3.8, 4) is 0 Å². The van der Waals surface area contributed by atoms with Crippen LogP contribution < -0.4 is 0 Å². The standard InChI is InChI=1S/C24H34F2O/c1-3-5-7-9-21-10-12-22(13-11-21)18-27-19-24(25,26)23-16-14-20(15-17-23)8-6-4-2/h3-5,10-13,20,23H,2,6-9,14-19H2,1H3/b5-3+. The smallest absolute Gasteiger partial charge is 0.273 e. The minimum absolute atomic E-state index is 0.249. The van der Waals surface area contributed by atoms with Gasteiger partial charge in [0.1, 0.15) is 6.61 Å². The van der Waals surface area contributed by atoms with Gasteiger partial charge < -0.3 is 4.74 Å². The third-order valence-electron chi connectivity index (χ3n) is 5.64. The Kier molecular flexibility index (Phi) is 9.20. The van der Waals surface area contributed by atoms with Gasteiger partial charge in [0.2, 0.25) is 0 Å². The largest absolute Gasteiger partial charge is 0.371 e. The maximum atomic E-state index is 14.5. The Morgan fingerprint density at radius 2 is 1.74 bits per heavy atom. The molecule has 1 aliphatic carbocycles. The first-order valence-corrected chi connectivity index (χ1v) is 10.3. The van der Waals surface area contributed by atoms with Gasteiger partial charge in [-0.25, -0.2) is 8.78 Å². The van der Waals surface area contributed by atoms with Crippen molar-refractivity contribution >= 4 is 0 Å². The van der Waals surface area contributed by atoms with E-state index in [9.17, 15) is 8.78 Å². The van der Waals surface area contributed by atoms with Gasteiger partial charge in [0.25, 0.3) is 5.92 Å². The monoisotopic (exact) mass is 376 g/mol. The summed E-state index contributed by atoms with van der Waals surface area (Å²) in [5.74, 6) is -2.68. The predicted molar refractivity (Wildman–Crippen MR) is 109 cm³/mol. The van der Waals surface area contributed by atoms with E-state index >= 15 is 0 Å². The van der Waals surface area contributed by atoms with Gasteiger partial charge in [-0.05, 0) is 75.3 Å².